The summed E-state index contributed by atoms with van der Waals surface area (Å²) in [6, 6.07) is 9.59. The molecule has 1 aromatic carbocycles. The van der Waals surface area contributed by atoms with E-state index in [4.69, 9.17) is 0 Å². The van der Waals surface area contributed by atoms with Gasteiger partial charge in [0.1, 0.15) is 0 Å². The summed E-state index contributed by atoms with van der Waals surface area (Å²) in [5, 5.41) is 10.5. The number of nitrogens with one attached hydrogen (secondary N) is 2. The van der Waals surface area contributed by atoms with E-state index in [1.807, 2.05) is 51.1 Å². The van der Waals surface area contributed by atoms with Crippen molar-refractivity contribution in [2.45, 2.75) is 51.7 Å². The van der Waals surface area contributed by atoms with E-state index in [-0.39, 0.29) is 29.9 Å². The molecule has 6 nitrogen and oxygen atoms in total. The van der Waals surface area contributed by atoms with Crippen LogP contribution in [0.3, 0.4) is 0 Å². The molecule has 0 spiro atoms. The van der Waals surface area contributed by atoms with E-state index < -0.39 is 0 Å². The smallest absolute Gasteiger partial charge is 0.255 e. The molecule has 1 saturated heterocycles. The molecule has 1 fully saturated rings. The molecule has 0 aliphatic carbocycles. The second kappa shape index (κ2) is 7.09. The quantitative estimate of drug-likeness (QED) is 0.898. The van der Waals surface area contributed by atoms with E-state index in [0.29, 0.717) is 24.1 Å². The van der Waals surface area contributed by atoms with Gasteiger partial charge in [0, 0.05) is 18.7 Å². The lowest BCUT2D eigenvalue weighted by molar-refractivity contribution is -0.123. The average Bonchev–Trinajstić information content (AvgIpc) is 2.99. The Morgan fingerprint density at radius 1 is 1.32 bits per heavy atom. The lowest BCUT2D eigenvalue weighted by Gasteiger charge is -2.33. The van der Waals surface area contributed by atoms with Crippen molar-refractivity contribution in [3.05, 3.63) is 53.3 Å². The molecule has 0 bridgehead atoms. The summed E-state index contributed by atoms with van der Waals surface area (Å²) in [7, 11) is 0. The summed E-state index contributed by atoms with van der Waals surface area (Å²) < 4.78 is 1.79. The minimum Gasteiger partial charge on any atom is -0.347 e. The van der Waals surface area contributed by atoms with Crippen molar-refractivity contribution in [1.82, 2.24) is 20.4 Å². The Morgan fingerprint density at radius 3 is 2.68 bits per heavy atom. The number of nitrogens with zero attached hydrogens (tertiary/aromatic N) is 2. The number of amides is 2. The van der Waals surface area contributed by atoms with Gasteiger partial charge in [0.25, 0.3) is 5.91 Å². The molecule has 25 heavy (non-hydrogen) atoms. The third kappa shape index (κ3) is 3.73. The minimum atomic E-state index is -0.216. The lowest BCUT2D eigenvalue weighted by atomic mass is 9.91. The molecule has 2 N–H and O–H groups in total. The fraction of sp³-hybridized carbons (Fsp3) is 0.421. The number of carbonyl (C=O) groups is 2. The fourth-order valence-corrected chi connectivity index (χ4v) is 3.15. The first-order chi connectivity index (χ1) is 12.0. The van der Waals surface area contributed by atoms with E-state index in [0.717, 1.165) is 5.56 Å². The number of rotatable bonds is 4. The number of piperidine rings is 1. The molecule has 2 aromatic rings. The van der Waals surface area contributed by atoms with Crippen molar-refractivity contribution < 1.29 is 9.59 Å². The van der Waals surface area contributed by atoms with Crippen LogP contribution in [0.1, 0.15) is 60.4 Å². The summed E-state index contributed by atoms with van der Waals surface area (Å²) in [5.74, 6) is -0.130. The fourth-order valence-electron chi connectivity index (χ4n) is 3.15. The van der Waals surface area contributed by atoms with Crippen molar-refractivity contribution in [3.8, 4) is 0 Å². The van der Waals surface area contributed by atoms with Crippen LogP contribution in [-0.4, -0.2) is 27.6 Å². The number of hydrogen-bond donors (Lipinski definition) is 2. The van der Waals surface area contributed by atoms with Crippen LogP contribution >= 0.6 is 0 Å². The molecule has 0 unspecified atom stereocenters. The van der Waals surface area contributed by atoms with Gasteiger partial charge in [0.05, 0.1) is 23.3 Å². The predicted molar refractivity (Wildman–Crippen MR) is 95.2 cm³/mol. The molecule has 3 rings (SSSR count). The van der Waals surface area contributed by atoms with Crippen molar-refractivity contribution in [1.29, 1.82) is 0 Å². The Hall–Kier alpha value is -2.63. The van der Waals surface area contributed by atoms with Gasteiger partial charge in [-0.3, -0.25) is 14.3 Å². The third-order valence-corrected chi connectivity index (χ3v) is 4.57. The molecule has 2 atom stereocenters. The van der Waals surface area contributed by atoms with Crippen LogP contribution in [-0.2, 0) is 4.79 Å². The molecular formula is C19H24N4O2. The highest BCUT2D eigenvalue weighted by Crippen LogP contribution is 2.24. The molecule has 6 heteroatoms. The second-order valence-electron chi connectivity index (χ2n) is 6.78. The number of hydrogen-bond acceptors (Lipinski definition) is 3. The zero-order chi connectivity index (χ0) is 18.0. The van der Waals surface area contributed by atoms with E-state index >= 15 is 0 Å². The summed E-state index contributed by atoms with van der Waals surface area (Å²) in [6.45, 7) is 5.89. The number of carbonyl (C=O) groups excluding carboxylic acids is 2. The lowest BCUT2D eigenvalue weighted by Crippen LogP contribution is -2.50. The molecule has 0 radical (unpaired) electrons. The van der Waals surface area contributed by atoms with Crippen molar-refractivity contribution >= 4 is 11.8 Å². The molecule has 2 amide bonds. The largest absolute Gasteiger partial charge is 0.347 e. The van der Waals surface area contributed by atoms with Gasteiger partial charge in [-0.25, -0.2) is 0 Å². The first-order valence-corrected chi connectivity index (χ1v) is 8.66. The van der Waals surface area contributed by atoms with Crippen LogP contribution < -0.4 is 10.6 Å². The first-order valence-electron chi connectivity index (χ1n) is 8.66. The molecule has 1 aliphatic rings. The Morgan fingerprint density at radius 2 is 2.04 bits per heavy atom. The topological polar surface area (TPSA) is 76.0 Å². The first kappa shape index (κ1) is 17.2. The molecule has 1 aromatic heterocycles. The molecule has 2 heterocycles. The maximum absolute atomic E-state index is 12.8. The Balaban J connectivity index is 1.80. The van der Waals surface area contributed by atoms with E-state index in [9.17, 15) is 9.59 Å². The van der Waals surface area contributed by atoms with Gasteiger partial charge in [-0.15, -0.1) is 0 Å². The van der Waals surface area contributed by atoms with Crippen LogP contribution in [0.2, 0.25) is 0 Å². The van der Waals surface area contributed by atoms with E-state index in [2.05, 4.69) is 15.7 Å². The van der Waals surface area contributed by atoms with Crippen molar-refractivity contribution in [3.63, 3.8) is 0 Å². The van der Waals surface area contributed by atoms with Crippen molar-refractivity contribution in [2.75, 3.05) is 0 Å². The maximum atomic E-state index is 12.8. The average molecular weight is 340 g/mol. The normalized spacial score (nSPS) is 20.4. The number of aromatic nitrogens is 2. The van der Waals surface area contributed by atoms with Gasteiger partial charge in [-0.2, -0.15) is 5.10 Å². The Kier molecular flexibility index (Phi) is 4.88. The monoisotopic (exact) mass is 340 g/mol. The zero-order valence-corrected chi connectivity index (χ0v) is 14.8. The summed E-state index contributed by atoms with van der Waals surface area (Å²) in [4.78, 5) is 24.6. The summed E-state index contributed by atoms with van der Waals surface area (Å²) >= 11 is 0. The zero-order valence-electron chi connectivity index (χ0n) is 14.8. The van der Waals surface area contributed by atoms with Crippen LogP contribution in [0.25, 0.3) is 0 Å². The van der Waals surface area contributed by atoms with Gasteiger partial charge in [0.2, 0.25) is 5.91 Å². The predicted octanol–water partition coefficient (Wildman–Crippen LogP) is 2.52. The standard InChI is InChI=1S/C19H24N4O2/c1-12(2)23-11-15(13(3)22-23)19(25)20-16-9-10-17(24)21-18(16)14-7-5-4-6-8-14/h4-8,11-12,16,18H,9-10H2,1-3H3,(H,20,25)(H,21,24)/t16-,18+/m1/s1. The maximum Gasteiger partial charge on any atom is 0.255 e. The highest BCUT2D eigenvalue weighted by Gasteiger charge is 2.31. The summed E-state index contributed by atoms with van der Waals surface area (Å²) in [5.41, 5.74) is 2.29. The van der Waals surface area contributed by atoms with Gasteiger partial charge in [-0.1, -0.05) is 30.3 Å². The third-order valence-electron chi connectivity index (χ3n) is 4.57. The van der Waals surface area contributed by atoms with E-state index in [1.54, 1.807) is 10.9 Å². The van der Waals surface area contributed by atoms with Crippen LogP contribution in [0.15, 0.2) is 36.5 Å². The van der Waals surface area contributed by atoms with Gasteiger partial charge in [0.15, 0.2) is 0 Å². The van der Waals surface area contributed by atoms with Crippen LogP contribution in [0, 0.1) is 6.92 Å². The van der Waals surface area contributed by atoms with Gasteiger partial charge in [-0.05, 0) is 32.8 Å². The molecular weight excluding hydrogens is 316 g/mol. The molecule has 0 saturated carbocycles. The van der Waals surface area contributed by atoms with Crippen LogP contribution in [0.5, 0.6) is 0 Å². The van der Waals surface area contributed by atoms with Crippen LogP contribution in [0.4, 0.5) is 0 Å². The van der Waals surface area contributed by atoms with Gasteiger partial charge < -0.3 is 10.6 Å². The highest BCUT2D eigenvalue weighted by molar-refractivity contribution is 5.95. The van der Waals surface area contributed by atoms with E-state index in [1.165, 1.54) is 0 Å². The minimum absolute atomic E-state index is 0.0168. The Bertz CT molecular complexity index is 767. The van der Waals surface area contributed by atoms with Crippen molar-refractivity contribution in [2.24, 2.45) is 0 Å². The second-order valence-corrected chi connectivity index (χ2v) is 6.78. The van der Waals surface area contributed by atoms with Gasteiger partial charge >= 0.3 is 0 Å². The SMILES string of the molecule is Cc1nn(C(C)C)cc1C(=O)N[C@@H]1CCC(=O)N[C@H]1c1ccccc1. The Labute approximate surface area is 147 Å². The molecule has 1 aliphatic heterocycles. The number of benzene rings is 1. The molecule has 132 valence electrons. The summed E-state index contributed by atoms with van der Waals surface area (Å²) in [6.07, 6.45) is 2.82. The highest BCUT2D eigenvalue weighted by atomic mass is 16.2. The number of aryl methyl sites for hydroxylation is 1.